The van der Waals surface area contributed by atoms with E-state index < -0.39 is 0 Å². The molecule has 1 aromatic heterocycles. The molecular formula is C12H15ClN4O. The number of amidine groups is 1. The number of hydrogen-bond donors (Lipinski definition) is 1. The van der Waals surface area contributed by atoms with Crippen LogP contribution < -0.4 is 10.3 Å². The summed E-state index contributed by atoms with van der Waals surface area (Å²) in [7, 11) is 0. The molecule has 1 aliphatic rings. The molecular weight excluding hydrogens is 252 g/mol. The Morgan fingerprint density at radius 2 is 2.39 bits per heavy atom. The van der Waals surface area contributed by atoms with Crippen LogP contribution in [0.15, 0.2) is 23.3 Å². The lowest BCUT2D eigenvalue weighted by Crippen LogP contribution is -2.28. The van der Waals surface area contributed by atoms with E-state index in [-0.39, 0.29) is 11.9 Å². The maximum Gasteiger partial charge on any atom is 0.222 e. The van der Waals surface area contributed by atoms with Gasteiger partial charge in [0.2, 0.25) is 5.91 Å². The molecule has 1 atom stereocenters. The fraction of sp³-hybridized carbons (Fsp3) is 0.417. The van der Waals surface area contributed by atoms with Crippen LogP contribution in [0, 0.1) is 0 Å². The quantitative estimate of drug-likeness (QED) is 0.835. The molecule has 0 fully saturated rings. The molecule has 1 aromatic rings. The van der Waals surface area contributed by atoms with Crippen molar-refractivity contribution in [2.24, 2.45) is 5.10 Å². The Kier molecular flexibility index (Phi) is 3.81. The SMILES string of the molecule is CCC1CC(NC(C)=O)=NN1c1cccc(Cl)n1. The van der Waals surface area contributed by atoms with Crippen LogP contribution in [0.25, 0.3) is 0 Å². The van der Waals surface area contributed by atoms with Crippen LogP contribution in [0.5, 0.6) is 0 Å². The lowest BCUT2D eigenvalue weighted by molar-refractivity contribution is -0.117. The second kappa shape index (κ2) is 5.35. The number of pyridine rings is 1. The van der Waals surface area contributed by atoms with E-state index in [1.165, 1.54) is 6.92 Å². The molecule has 18 heavy (non-hydrogen) atoms. The molecule has 1 aliphatic heterocycles. The summed E-state index contributed by atoms with van der Waals surface area (Å²) in [6.45, 7) is 3.55. The third-order valence-corrected chi connectivity index (χ3v) is 2.94. The Bertz CT molecular complexity index is 489. The van der Waals surface area contributed by atoms with E-state index >= 15 is 0 Å². The number of carbonyl (C=O) groups is 1. The lowest BCUT2D eigenvalue weighted by atomic mass is 10.1. The zero-order valence-electron chi connectivity index (χ0n) is 10.4. The smallest absolute Gasteiger partial charge is 0.222 e. The Morgan fingerprint density at radius 1 is 1.61 bits per heavy atom. The van der Waals surface area contributed by atoms with Crippen LogP contribution in [0.2, 0.25) is 5.15 Å². The van der Waals surface area contributed by atoms with Crippen molar-refractivity contribution in [1.82, 2.24) is 10.3 Å². The first-order chi connectivity index (χ1) is 8.60. The molecule has 0 saturated heterocycles. The molecule has 0 saturated carbocycles. The normalized spacial score (nSPS) is 18.7. The standard InChI is InChI=1S/C12H15ClN4O/c1-3-9-7-11(14-8(2)18)16-17(9)12-6-4-5-10(13)15-12/h4-6,9H,3,7H2,1-2H3,(H,14,16,18). The average Bonchev–Trinajstić information content (AvgIpc) is 2.71. The van der Waals surface area contributed by atoms with E-state index in [0.29, 0.717) is 23.2 Å². The number of rotatable bonds is 2. The van der Waals surface area contributed by atoms with Crippen LogP contribution in [0.3, 0.4) is 0 Å². The molecule has 0 radical (unpaired) electrons. The van der Waals surface area contributed by atoms with Crippen molar-refractivity contribution < 1.29 is 4.79 Å². The van der Waals surface area contributed by atoms with Gasteiger partial charge in [-0.2, -0.15) is 5.10 Å². The monoisotopic (exact) mass is 266 g/mol. The molecule has 0 spiro atoms. The molecule has 96 valence electrons. The molecule has 2 rings (SSSR count). The van der Waals surface area contributed by atoms with Gasteiger partial charge in [0.1, 0.15) is 11.0 Å². The van der Waals surface area contributed by atoms with Gasteiger partial charge in [0.25, 0.3) is 0 Å². The predicted octanol–water partition coefficient (Wildman–Crippen LogP) is 2.17. The van der Waals surface area contributed by atoms with Gasteiger partial charge < -0.3 is 5.32 Å². The van der Waals surface area contributed by atoms with Gasteiger partial charge in [-0.1, -0.05) is 24.6 Å². The third-order valence-electron chi connectivity index (χ3n) is 2.73. The van der Waals surface area contributed by atoms with Gasteiger partial charge >= 0.3 is 0 Å². The van der Waals surface area contributed by atoms with Crippen molar-refractivity contribution in [2.75, 3.05) is 5.01 Å². The number of hydrogen-bond acceptors (Lipinski definition) is 4. The van der Waals surface area contributed by atoms with Crippen molar-refractivity contribution in [1.29, 1.82) is 0 Å². The van der Waals surface area contributed by atoms with Crippen LogP contribution in [-0.2, 0) is 4.79 Å². The summed E-state index contributed by atoms with van der Waals surface area (Å²) in [5.74, 6) is 1.27. The highest BCUT2D eigenvalue weighted by atomic mass is 35.5. The van der Waals surface area contributed by atoms with E-state index in [9.17, 15) is 4.79 Å². The molecule has 0 bridgehead atoms. The summed E-state index contributed by atoms with van der Waals surface area (Å²) in [6, 6.07) is 5.62. The topological polar surface area (TPSA) is 57.6 Å². The van der Waals surface area contributed by atoms with Crippen molar-refractivity contribution in [2.45, 2.75) is 32.7 Å². The summed E-state index contributed by atoms with van der Waals surface area (Å²) >= 11 is 5.88. The third kappa shape index (κ3) is 2.79. The second-order valence-electron chi connectivity index (χ2n) is 4.16. The summed E-state index contributed by atoms with van der Waals surface area (Å²) in [5, 5.41) is 9.37. The Morgan fingerprint density at radius 3 is 3.00 bits per heavy atom. The predicted molar refractivity (Wildman–Crippen MR) is 71.7 cm³/mol. The molecule has 5 nitrogen and oxygen atoms in total. The van der Waals surface area contributed by atoms with Crippen LogP contribution in [-0.4, -0.2) is 22.8 Å². The molecule has 1 N–H and O–H groups in total. The highest BCUT2D eigenvalue weighted by molar-refractivity contribution is 6.29. The van der Waals surface area contributed by atoms with Crippen LogP contribution in [0.4, 0.5) is 5.82 Å². The Hall–Kier alpha value is -1.62. The van der Waals surface area contributed by atoms with E-state index in [0.717, 1.165) is 6.42 Å². The molecule has 1 unspecified atom stereocenters. The van der Waals surface area contributed by atoms with Crippen LogP contribution in [0.1, 0.15) is 26.7 Å². The van der Waals surface area contributed by atoms with Crippen molar-refractivity contribution in [3.63, 3.8) is 0 Å². The lowest BCUT2D eigenvalue weighted by Gasteiger charge is -2.20. The molecule has 0 aliphatic carbocycles. The maximum absolute atomic E-state index is 11.0. The average molecular weight is 267 g/mol. The minimum absolute atomic E-state index is 0.107. The minimum atomic E-state index is -0.107. The highest BCUT2D eigenvalue weighted by Crippen LogP contribution is 2.25. The number of anilines is 1. The fourth-order valence-electron chi connectivity index (χ4n) is 1.92. The van der Waals surface area contributed by atoms with Gasteiger partial charge in [-0.3, -0.25) is 4.79 Å². The number of nitrogens with zero attached hydrogens (tertiary/aromatic N) is 3. The highest BCUT2D eigenvalue weighted by Gasteiger charge is 2.27. The fourth-order valence-corrected chi connectivity index (χ4v) is 2.08. The molecule has 0 aromatic carbocycles. The number of amides is 1. The first-order valence-corrected chi connectivity index (χ1v) is 6.24. The number of aromatic nitrogens is 1. The number of halogens is 1. The first-order valence-electron chi connectivity index (χ1n) is 5.87. The van der Waals surface area contributed by atoms with Crippen molar-refractivity contribution in [3.05, 3.63) is 23.4 Å². The summed E-state index contributed by atoms with van der Waals surface area (Å²) < 4.78 is 0. The van der Waals surface area contributed by atoms with E-state index in [2.05, 4.69) is 22.3 Å². The summed E-state index contributed by atoms with van der Waals surface area (Å²) in [4.78, 5) is 15.3. The van der Waals surface area contributed by atoms with Gasteiger partial charge in [0.05, 0.1) is 6.04 Å². The van der Waals surface area contributed by atoms with E-state index in [1.54, 1.807) is 6.07 Å². The van der Waals surface area contributed by atoms with Crippen molar-refractivity contribution >= 4 is 29.2 Å². The van der Waals surface area contributed by atoms with Gasteiger partial charge in [0, 0.05) is 13.3 Å². The number of hydrazone groups is 1. The minimum Gasteiger partial charge on any atom is -0.313 e. The summed E-state index contributed by atoms with van der Waals surface area (Å²) in [5.41, 5.74) is 0. The van der Waals surface area contributed by atoms with Gasteiger partial charge in [-0.25, -0.2) is 9.99 Å². The Labute approximate surface area is 111 Å². The van der Waals surface area contributed by atoms with E-state index in [4.69, 9.17) is 11.6 Å². The maximum atomic E-state index is 11.0. The second-order valence-corrected chi connectivity index (χ2v) is 4.54. The number of carbonyl (C=O) groups excluding carboxylic acids is 1. The Balaban J connectivity index is 2.24. The number of nitrogens with one attached hydrogen (secondary N) is 1. The molecule has 6 heteroatoms. The first kappa shape index (κ1) is 12.8. The zero-order valence-corrected chi connectivity index (χ0v) is 11.1. The zero-order chi connectivity index (χ0) is 13.1. The van der Waals surface area contributed by atoms with Gasteiger partial charge in [-0.15, -0.1) is 0 Å². The van der Waals surface area contributed by atoms with Gasteiger partial charge in [0.15, 0.2) is 5.82 Å². The van der Waals surface area contributed by atoms with E-state index in [1.807, 2.05) is 17.1 Å². The largest absolute Gasteiger partial charge is 0.313 e. The van der Waals surface area contributed by atoms with Gasteiger partial charge in [-0.05, 0) is 18.6 Å². The van der Waals surface area contributed by atoms with Crippen molar-refractivity contribution in [3.8, 4) is 0 Å². The summed E-state index contributed by atoms with van der Waals surface area (Å²) in [6.07, 6.45) is 1.63. The molecule has 1 amide bonds. The molecule has 2 heterocycles. The van der Waals surface area contributed by atoms with Crippen LogP contribution >= 0.6 is 11.6 Å².